The van der Waals surface area contributed by atoms with Crippen molar-refractivity contribution in [1.82, 2.24) is 24.5 Å². The third-order valence-electron chi connectivity index (χ3n) is 6.94. The van der Waals surface area contributed by atoms with Crippen LogP contribution in [0.15, 0.2) is 42.6 Å². The lowest BCUT2D eigenvalue weighted by Crippen LogP contribution is -2.29. The van der Waals surface area contributed by atoms with E-state index < -0.39 is 11.7 Å². The second-order valence-electron chi connectivity index (χ2n) is 10.4. The summed E-state index contributed by atoms with van der Waals surface area (Å²) in [6.45, 7) is 5.05. The maximum absolute atomic E-state index is 14.0. The van der Waals surface area contributed by atoms with Crippen LogP contribution >= 0.6 is 0 Å². The van der Waals surface area contributed by atoms with E-state index in [0.717, 1.165) is 36.8 Å². The molecule has 7 nitrogen and oxygen atoms in total. The van der Waals surface area contributed by atoms with Crippen LogP contribution in [0.4, 0.5) is 13.2 Å². The van der Waals surface area contributed by atoms with Gasteiger partial charge in [-0.1, -0.05) is 12.1 Å². The van der Waals surface area contributed by atoms with Crippen molar-refractivity contribution in [3.63, 3.8) is 0 Å². The maximum atomic E-state index is 14.0. The summed E-state index contributed by atoms with van der Waals surface area (Å²) < 4.78 is 55.4. The minimum atomic E-state index is -4.55. The van der Waals surface area contributed by atoms with Gasteiger partial charge < -0.3 is 14.4 Å². The van der Waals surface area contributed by atoms with Crippen LogP contribution in [-0.2, 0) is 10.9 Å². The molecule has 0 saturated carbocycles. The van der Waals surface area contributed by atoms with Crippen LogP contribution < -0.4 is 4.74 Å². The molecule has 0 bridgehead atoms. The summed E-state index contributed by atoms with van der Waals surface area (Å²) in [5.41, 5.74) is 2.38. The zero-order valence-corrected chi connectivity index (χ0v) is 22.0. The summed E-state index contributed by atoms with van der Waals surface area (Å²) in [4.78, 5) is 6.47. The Labute approximate surface area is 219 Å². The zero-order valence-electron chi connectivity index (χ0n) is 22.0. The molecule has 0 N–H and O–H groups in total. The quantitative estimate of drug-likeness (QED) is 0.276. The Morgan fingerprint density at radius 3 is 2.45 bits per heavy atom. The third-order valence-corrected chi connectivity index (χ3v) is 6.94. The van der Waals surface area contributed by atoms with Gasteiger partial charge in [0.25, 0.3) is 0 Å². The smallest absolute Gasteiger partial charge is 0.419 e. The Morgan fingerprint density at radius 1 is 1.03 bits per heavy atom. The van der Waals surface area contributed by atoms with Crippen molar-refractivity contribution >= 4 is 16.7 Å². The first-order valence-corrected chi connectivity index (χ1v) is 12.9. The summed E-state index contributed by atoms with van der Waals surface area (Å²) >= 11 is 0. The van der Waals surface area contributed by atoms with Crippen LogP contribution in [0.3, 0.4) is 0 Å². The first-order valence-electron chi connectivity index (χ1n) is 12.9. The number of hydrogen-bond donors (Lipinski definition) is 0. The van der Waals surface area contributed by atoms with Gasteiger partial charge in [0, 0.05) is 12.5 Å². The van der Waals surface area contributed by atoms with Gasteiger partial charge in [-0.3, -0.25) is 9.38 Å². The lowest BCUT2D eigenvalue weighted by Gasteiger charge is -2.31. The Kier molecular flexibility index (Phi) is 7.28. The summed E-state index contributed by atoms with van der Waals surface area (Å²) in [5, 5.41) is 8.84. The third kappa shape index (κ3) is 5.47. The van der Waals surface area contributed by atoms with Gasteiger partial charge in [-0.15, -0.1) is 10.2 Å². The minimum Gasteiger partial charge on any atom is -0.493 e. The number of hydrogen-bond acceptors (Lipinski definition) is 6. The van der Waals surface area contributed by atoms with Crippen molar-refractivity contribution in [2.75, 3.05) is 27.2 Å². The molecule has 0 amide bonds. The number of ether oxygens (including phenoxy) is 2. The topological polar surface area (TPSA) is 64.8 Å². The molecule has 0 radical (unpaired) electrons. The second kappa shape index (κ2) is 10.5. The molecule has 3 heterocycles. The van der Waals surface area contributed by atoms with E-state index in [4.69, 9.17) is 9.47 Å². The Balaban J connectivity index is 1.54. The molecule has 1 aliphatic heterocycles. The molecule has 3 atom stereocenters. The fourth-order valence-electron chi connectivity index (χ4n) is 5.26. The van der Waals surface area contributed by atoms with Gasteiger partial charge in [0.05, 0.1) is 41.6 Å². The zero-order chi connectivity index (χ0) is 27.0. The molecule has 10 heteroatoms. The first kappa shape index (κ1) is 26.4. The van der Waals surface area contributed by atoms with Crippen LogP contribution in [0.2, 0.25) is 0 Å². The number of halogens is 3. The number of rotatable bonds is 7. The number of benzene rings is 2. The van der Waals surface area contributed by atoms with Crippen molar-refractivity contribution in [2.24, 2.45) is 0 Å². The normalized spacial score (nSPS) is 20.5. The van der Waals surface area contributed by atoms with E-state index in [1.54, 1.807) is 18.3 Å². The second-order valence-corrected chi connectivity index (χ2v) is 10.4. The maximum Gasteiger partial charge on any atom is 0.419 e. The molecule has 38 heavy (non-hydrogen) atoms. The Hall–Kier alpha value is -3.24. The fraction of sp³-hybridized carbons (Fsp3) is 0.464. The molecule has 5 rings (SSSR count). The van der Waals surface area contributed by atoms with E-state index in [1.807, 2.05) is 35.5 Å². The highest BCUT2D eigenvalue weighted by atomic mass is 19.4. The summed E-state index contributed by atoms with van der Waals surface area (Å²) in [6.07, 6.45) is -0.399. The highest BCUT2D eigenvalue weighted by Crippen LogP contribution is 2.40. The van der Waals surface area contributed by atoms with Gasteiger partial charge in [0.1, 0.15) is 11.6 Å². The Morgan fingerprint density at radius 2 is 1.74 bits per heavy atom. The summed E-state index contributed by atoms with van der Waals surface area (Å²) in [7, 11) is 3.83. The van der Waals surface area contributed by atoms with Crippen LogP contribution in [0.5, 0.6) is 5.75 Å². The van der Waals surface area contributed by atoms with E-state index in [9.17, 15) is 13.2 Å². The van der Waals surface area contributed by atoms with Crippen LogP contribution in [0, 0.1) is 0 Å². The fourth-order valence-corrected chi connectivity index (χ4v) is 5.26. The molecule has 0 aliphatic carbocycles. The van der Waals surface area contributed by atoms with E-state index >= 15 is 0 Å². The molecule has 4 aromatic rings. The first-order chi connectivity index (χ1) is 18.1. The van der Waals surface area contributed by atoms with Crippen molar-refractivity contribution in [3.8, 4) is 16.9 Å². The number of nitrogens with zero attached hydrogens (tertiary/aromatic N) is 5. The largest absolute Gasteiger partial charge is 0.493 e. The standard InChI is InChI=1S/C28H32F3N5O2/c1-17-12-21(13-18(2)38-17)27-34-33-26-16-32-23-8-6-20(15-24(23)36(26)27)19-7-9-25(22(14-19)28(29,30)31)37-11-5-10-35(3)4/h6-9,14-18,21H,5,10-13H2,1-4H3/t17-,18+,21?. The number of aromatic nitrogens is 4. The average molecular weight is 528 g/mol. The van der Waals surface area contributed by atoms with Gasteiger partial charge in [-0.2, -0.15) is 13.2 Å². The molecule has 2 aromatic carbocycles. The van der Waals surface area contributed by atoms with Gasteiger partial charge in [0.15, 0.2) is 5.65 Å². The predicted molar refractivity (Wildman–Crippen MR) is 139 cm³/mol. The molecule has 0 spiro atoms. The molecule has 1 fully saturated rings. The number of alkyl halides is 3. The van der Waals surface area contributed by atoms with E-state index in [-0.39, 0.29) is 30.5 Å². The van der Waals surface area contributed by atoms with Gasteiger partial charge in [0.2, 0.25) is 0 Å². The molecule has 202 valence electrons. The molecule has 1 unspecified atom stereocenters. The van der Waals surface area contributed by atoms with Crippen molar-refractivity contribution in [2.45, 2.75) is 57.4 Å². The Bertz CT molecular complexity index is 1430. The van der Waals surface area contributed by atoms with E-state index in [2.05, 4.69) is 29.0 Å². The summed E-state index contributed by atoms with van der Waals surface area (Å²) in [5.74, 6) is 0.816. The molecular weight excluding hydrogens is 495 g/mol. The van der Waals surface area contributed by atoms with Gasteiger partial charge >= 0.3 is 6.18 Å². The molecule has 1 aliphatic rings. The minimum absolute atomic E-state index is 0.101. The van der Waals surface area contributed by atoms with Crippen LogP contribution in [0.1, 0.15) is 50.4 Å². The van der Waals surface area contributed by atoms with Crippen molar-refractivity contribution in [3.05, 3.63) is 54.0 Å². The van der Waals surface area contributed by atoms with Crippen LogP contribution in [-0.4, -0.2) is 63.9 Å². The lowest BCUT2D eigenvalue weighted by molar-refractivity contribution is -0.138. The predicted octanol–water partition coefficient (Wildman–Crippen LogP) is 5.96. The highest BCUT2D eigenvalue weighted by Gasteiger charge is 2.35. The average Bonchev–Trinajstić information content (AvgIpc) is 3.30. The SMILES string of the molecule is C[C@@H]1CC(c2nnc3cnc4ccc(-c5ccc(OCCCN(C)C)c(C(F)(F)F)c5)cc4n23)C[C@H](C)O1. The van der Waals surface area contributed by atoms with Gasteiger partial charge in [-0.25, -0.2) is 0 Å². The van der Waals surface area contributed by atoms with Crippen LogP contribution in [0.25, 0.3) is 27.8 Å². The van der Waals surface area contributed by atoms with Gasteiger partial charge in [-0.05, 0) is 82.6 Å². The van der Waals surface area contributed by atoms with E-state index in [0.29, 0.717) is 28.7 Å². The van der Waals surface area contributed by atoms with E-state index in [1.165, 1.54) is 6.07 Å². The van der Waals surface area contributed by atoms with Crippen molar-refractivity contribution in [1.29, 1.82) is 0 Å². The monoisotopic (exact) mass is 527 g/mol. The molecule has 2 aromatic heterocycles. The summed E-state index contributed by atoms with van der Waals surface area (Å²) in [6, 6.07) is 9.71. The van der Waals surface area contributed by atoms with Crippen molar-refractivity contribution < 1.29 is 22.6 Å². The number of fused-ring (bicyclic) bond motifs is 3. The highest BCUT2D eigenvalue weighted by molar-refractivity contribution is 5.84. The lowest BCUT2D eigenvalue weighted by atomic mass is 9.92. The molecule has 1 saturated heterocycles. The molecular formula is C28H32F3N5O2.